The number of carboxylic acids is 1. The summed E-state index contributed by atoms with van der Waals surface area (Å²) in [4.78, 5) is 13.9. The van der Waals surface area contributed by atoms with Gasteiger partial charge in [-0.1, -0.05) is 0 Å². The molecule has 0 aromatic carbocycles. The number of aliphatic carboxylic acids is 1. The topological polar surface area (TPSA) is 76.2 Å². The lowest BCUT2D eigenvalue weighted by atomic mass is 10.2. The molecule has 0 fully saturated rings. The van der Waals surface area contributed by atoms with Gasteiger partial charge in [-0.3, -0.25) is 4.98 Å². The molecule has 3 N–H and O–H groups in total. The molecule has 0 unspecified atom stereocenters. The van der Waals surface area contributed by atoms with Crippen LogP contribution in [0.3, 0.4) is 0 Å². The number of carboxylic acid groups (broad SMARTS) is 1. The summed E-state index contributed by atoms with van der Waals surface area (Å²) in [6.45, 7) is 0. The number of nitrogens with two attached hydrogens (primary N) is 1. The van der Waals surface area contributed by atoms with E-state index in [1.54, 1.807) is 12.3 Å². The van der Waals surface area contributed by atoms with Crippen molar-refractivity contribution < 1.29 is 9.90 Å². The number of rotatable bonds is 2. The summed E-state index contributed by atoms with van der Waals surface area (Å²) in [6, 6.07) is 1.61. The van der Waals surface area contributed by atoms with Gasteiger partial charge in [0.15, 0.2) is 0 Å². The molecule has 0 bridgehead atoms. The number of halogens is 2. The third-order valence-electron chi connectivity index (χ3n) is 1.29. The van der Waals surface area contributed by atoms with Crippen molar-refractivity contribution in [3.05, 3.63) is 30.1 Å². The minimum atomic E-state index is -1.00. The second kappa shape index (κ2) is 7.17. The van der Waals surface area contributed by atoms with E-state index < -0.39 is 5.97 Å². The summed E-state index contributed by atoms with van der Waals surface area (Å²) in [7, 11) is 0. The molecule has 78 valence electrons. The van der Waals surface area contributed by atoms with E-state index in [0.29, 0.717) is 11.3 Å². The first-order valence-corrected chi connectivity index (χ1v) is 3.30. The number of hydrogen-bond donors (Lipinski definition) is 2. The number of carbonyl (C=O) groups is 1. The van der Waals surface area contributed by atoms with Crippen molar-refractivity contribution in [1.82, 2.24) is 4.98 Å². The van der Waals surface area contributed by atoms with Gasteiger partial charge < -0.3 is 10.8 Å². The summed E-state index contributed by atoms with van der Waals surface area (Å²) >= 11 is 0. The van der Waals surface area contributed by atoms with Gasteiger partial charge in [-0.2, -0.15) is 0 Å². The van der Waals surface area contributed by atoms with E-state index in [0.717, 1.165) is 6.08 Å². The summed E-state index contributed by atoms with van der Waals surface area (Å²) in [5.41, 5.74) is 6.65. The number of nitrogen functional groups attached to an aromatic ring is 1. The minimum absolute atomic E-state index is 0. The molecule has 0 aliphatic carbocycles. The van der Waals surface area contributed by atoms with Crippen molar-refractivity contribution in [2.75, 3.05) is 5.73 Å². The fraction of sp³-hybridized carbons (Fsp3) is 0. The molecule has 6 heteroatoms. The lowest BCUT2D eigenvalue weighted by molar-refractivity contribution is -0.131. The number of pyridine rings is 1. The Kier molecular flexibility index (Phi) is 7.80. The Morgan fingerprint density at radius 2 is 2.14 bits per heavy atom. The second-order valence-corrected chi connectivity index (χ2v) is 2.18. The molecule has 1 rings (SSSR count). The smallest absolute Gasteiger partial charge is 0.328 e. The zero-order chi connectivity index (χ0) is 8.97. The average Bonchev–Trinajstić information content (AvgIpc) is 2.03. The molecule has 0 radical (unpaired) electrons. The average molecular weight is 237 g/mol. The Morgan fingerprint density at radius 1 is 1.50 bits per heavy atom. The molecule has 0 saturated carbocycles. The van der Waals surface area contributed by atoms with E-state index in [-0.39, 0.29) is 24.8 Å². The fourth-order valence-electron chi connectivity index (χ4n) is 0.718. The molecule has 1 aromatic rings. The molecule has 14 heavy (non-hydrogen) atoms. The van der Waals surface area contributed by atoms with Crippen molar-refractivity contribution in [3.8, 4) is 0 Å². The van der Waals surface area contributed by atoms with Crippen LogP contribution in [0.15, 0.2) is 24.5 Å². The fourth-order valence-corrected chi connectivity index (χ4v) is 0.718. The highest BCUT2D eigenvalue weighted by molar-refractivity contribution is 5.86. The molecule has 1 heterocycles. The van der Waals surface area contributed by atoms with E-state index >= 15 is 0 Å². The van der Waals surface area contributed by atoms with Crippen LogP contribution >= 0.6 is 24.8 Å². The van der Waals surface area contributed by atoms with Gasteiger partial charge in [-0.25, -0.2) is 4.79 Å². The van der Waals surface area contributed by atoms with Gasteiger partial charge in [0.1, 0.15) is 0 Å². The van der Waals surface area contributed by atoms with E-state index in [1.807, 2.05) is 0 Å². The number of nitrogens with zero attached hydrogens (tertiary/aromatic N) is 1. The van der Waals surface area contributed by atoms with E-state index in [1.165, 1.54) is 12.3 Å². The molecule has 0 spiro atoms. The highest BCUT2D eigenvalue weighted by Crippen LogP contribution is 2.09. The molecule has 0 aliphatic rings. The Morgan fingerprint density at radius 3 is 2.64 bits per heavy atom. The van der Waals surface area contributed by atoms with Crippen LogP contribution in [0.2, 0.25) is 0 Å². The largest absolute Gasteiger partial charge is 0.478 e. The van der Waals surface area contributed by atoms with Gasteiger partial charge in [0.25, 0.3) is 0 Å². The first kappa shape index (κ1) is 15.2. The van der Waals surface area contributed by atoms with Gasteiger partial charge in [0, 0.05) is 29.7 Å². The third-order valence-corrected chi connectivity index (χ3v) is 1.29. The first-order valence-electron chi connectivity index (χ1n) is 3.30. The maximum Gasteiger partial charge on any atom is 0.328 e. The zero-order valence-electron chi connectivity index (χ0n) is 7.08. The van der Waals surface area contributed by atoms with Crippen LogP contribution in [0.4, 0.5) is 5.69 Å². The van der Waals surface area contributed by atoms with E-state index in [9.17, 15) is 4.79 Å². The number of aromatic nitrogens is 1. The van der Waals surface area contributed by atoms with Crippen LogP contribution < -0.4 is 5.73 Å². The third kappa shape index (κ3) is 4.69. The number of hydrogen-bond acceptors (Lipinski definition) is 3. The highest BCUT2D eigenvalue weighted by Gasteiger charge is 1.93. The Bertz CT molecular complexity index is 329. The van der Waals surface area contributed by atoms with Crippen molar-refractivity contribution in [3.63, 3.8) is 0 Å². The predicted molar refractivity (Wildman–Crippen MR) is 59.8 cm³/mol. The van der Waals surface area contributed by atoms with Crippen LogP contribution in [0.1, 0.15) is 5.56 Å². The van der Waals surface area contributed by atoms with Crippen LogP contribution in [-0.4, -0.2) is 16.1 Å². The zero-order valence-corrected chi connectivity index (χ0v) is 8.72. The van der Waals surface area contributed by atoms with Crippen LogP contribution in [0.5, 0.6) is 0 Å². The Labute approximate surface area is 93.7 Å². The number of anilines is 1. The molecule has 0 saturated heterocycles. The van der Waals surface area contributed by atoms with Crippen molar-refractivity contribution in [2.45, 2.75) is 0 Å². The van der Waals surface area contributed by atoms with Gasteiger partial charge in [0.05, 0.1) is 0 Å². The predicted octanol–water partition coefficient (Wildman–Crippen LogP) is 1.61. The van der Waals surface area contributed by atoms with Gasteiger partial charge in [-0.15, -0.1) is 24.8 Å². The summed E-state index contributed by atoms with van der Waals surface area (Å²) in [5, 5.41) is 8.32. The molecule has 0 amide bonds. The molecule has 0 aliphatic heterocycles. The minimum Gasteiger partial charge on any atom is -0.478 e. The molecule has 1 aromatic heterocycles. The van der Waals surface area contributed by atoms with Crippen molar-refractivity contribution in [1.29, 1.82) is 0 Å². The maximum absolute atomic E-state index is 10.1. The van der Waals surface area contributed by atoms with Crippen LogP contribution in [0.25, 0.3) is 6.08 Å². The first-order chi connectivity index (χ1) is 5.70. The Balaban J connectivity index is 0. The molecule has 0 atom stereocenters. The maximum atomic E-state index is 10.1. The summed E-state index contributed by atoms with van der Waals surface area (Å²) in [5.74, 6) is -1.00. The molecular weight excluding hydrogens is 227 g/mol. The lowest BCUT2D eigenvalue weighted by Crippen LogP contribution is -1.91. The van der Waals surface area contributed by atoms with Gasteiger partial charge >= 0.3 is 5.97 Å². The second-order valence-electron chi connectivity index (χ2n) is 2.18. The molecule has 4 nitrogen and oxygen atoms in total. The monoisotopic (exact) mass is 236 g/mol. The highest BCUT2D eigenvalue weighted by atomic mass is 35.5. The quantitative estimate of drug-likeness (QED) is 0.766. The van der Waals surface area contributed by atoms with Crippen molar-refractivity contribution >= 4 is 42.5 Å². The molecular formula is C8H10Cl2N2O2. The van der Waals surface area contributed by atoms with Crippen molar-refractivity contribution in [2.24, 2.45) is 0 Å². The lowest BCUT2D eigenvalue weighted by Gasteiger charge is -1.95. The SMILES string of the molecule is Cl.Cl.Nc1ccncc1C=CC(=O)O. The Hall–Kier alpha value is -1.26. The van der Waals surface area contributed by atoms with E-state index in [2.05, 4.69) is 4.98 Å². The van der Waals surface area contributed by atoms with Crippen LogP contribution in [-0.2, 0) is 4.79 Å². The summed E-state index contributed by atoms with van der Waals surface area (Å²) in [6.07, 6.45) is 5.49. The summed E-state index contributed by atoms with van der Waals surface area (Å²) < 4.78 is 0. The normalized spacial score (nSPS) is 8.86. The van der Waals surface area contributed by atoms with E-state index in [4.69, 9.17) is 10.8 Å². The van der Waals surface area contributed by atoms with Gasteiger partial charge in [0.2, 0.25) is 0 Å². The van der Waals surface area contributed by atoms with Gasteiger partial charge in [-0.05, 0) is 12.1 Å². The van der Waals surface area contributed by atoms with Crippen LogP contribution in [0, 0.1) is 0 Å². The standard InChI is InChI=1S/C8H8N2O2.2ClH/c9-7-3-4-10-5-6(7)1-2-8(11)12;;/h1-5H,(H2,9,10)(H,11,12);2*1H.